The second-order valence-corrected chi connectivity index (χ2v) is 5.85. The highest BCUT2D eigenvalue weighted by Gasteiger charge is 2.17. The number of aromatic amines is 1. The SMILES string of the molecule is c1ccc(-c2c(-c3cccc4cc[nH]c34)nc3ccccn23)cc1. The van der Waals surface area contributed by atoms with Crippen molar-refractivity contribution in [3.8, 4) is 22.5 Å². The maximum Gasteiger partial charge on any atom is 0.137 e. The smallest absolute Gasteiger partial charge is 0.137 e. The van der Waals surface area contributed by atoms with Gasteiger partial charge in [0.25, 0.3) is 0 Å². The molecule has 24 heavy (non-hydrogen) atoms. The summed E-state index contributed by atoms with van der Waals surface area (Å²) in [5.41, 5.74) is 6.48. The number of hydrogen-bond acceptors (Lipinski definition) is 1. The first-order valence-corrected chi connectivity index (χ1v) is 8.01. The summed E-state index contributed by atoms with van der Waals surface area (Å²) in [5, 5.41) is 1.20. The molecule has 3 heteroatoms. The van der Waals surface area contributed by atoms with E-state index in [1.165, 1.54) is 5.39 Å². The molecule has 0 bridgehead atoms. The number of benzene rings is 2. The van der Waals surface area contributed by atoms with Gasteiger partial charge in [-0.25, -0.2) is 4.98 Å². The minimum Gasteiger partial charge on any atom is -0.361 e. The standard InChI is InChI=1S/C21H15N3/c1-2-7-16(8-3-1)21-20(23-18-11-4-5-14-24(18)21)17-10-6-9-15-12-13-22-19(15)17/h1-14,22H. The highest BCUT2D eigenvalue weighted by atomic mass is 15.0. The third kappa shape index (κ3) is 1.88. The number of fused-ring (bicyclic) bond motifs is 2. The number of para-hydroxylation sites is 1. The van der Waals surface area contributed by atoms with Crippen molar-refractivity contribution in [1.29, 1.82) is 0 Å². The zero-order valence-electron chi connectivity index (χ0n) is 13.0. The Balaban J connectivity index is 1.91. The molecule has 0 aliphatic carbocycles. The highest BCUT2D eigenvalue weighted by Crippen LogP contribution is 2.35. The van der Waals surface area contributed by atoms with Gasteiger partial charge in [0.15, 0.2) is 0 Å². The molecule has 3 heterocycles. The van der Waals surface area contributed by atoms with Gasteiger partial charge in [0, 0.05) is 28.9 Å². The molecule has 5 aromatic rings. The molecule has 1 N–H and O–H groups in total. The van der Waals surface area contributed by atoms with E-state index in [9.17, 15) is 0 Å². The van der Waals surface area contributed by atoms with E-state index in [1.807, 2.05) is 30.5 Å². The molecule has 114 valence electrons. The van der Waals surface area contributed by atoms with Crippen molar-refractivity contribution in [2.45, 2.75) is 0 Å². The number of pyridine rings is 1. The Morgan fingerprint density at radius 2 is 1.67 bits per heavy atom. The van der Waals surface area contributed by atoms with Gasteiger partial charge in [0.2, 0.25) is 0 Å². The number of imidazole rings is 1. The molecule has 0 unspecified atom stereocenters. The zero-order chi connectivity index (χ0) is 15.9. The zero-order valence-corrected chi connectivity index (χ0v) is 13.0. The number of H-pyrrole nitrogens is 1. The van der Waals surface area contributed by atoms with Crippen molar-refractivity contribution in [2.75, 3.05) is 0 Å². The summed E-state index contributed by atoms with van der Waals surface area (Å²) in [6, 6.07) is 25.0. The first-order valence-electron chi connectivity index (χ1n) is 8.01. The van der Waals surface area contributed by atoms with Crippen molar-refractivity contribution in [1.82, 2.24) is 14.4 Å². The lowest BCUT2D eigenvalue weighted by atomic mass is 10.0. The second kappa shape index (κ2) is 5.10. The van der Waals surface area contributed by atoms with E-state index in [1.54, 1.807) is 0 Å². The van der Waals surface area contributed by atoms with Crippen molar-refractivity contribution in [3.63, 3.8) is 0 Å². The van der Waals surface area contributed by atoms with Gasteiger partial charge >= 0.3 is 0 Å². The number of nitrogens with zero attached hydrogens (tertiary/aromatic N) is 2. The van der Waals surface area contributed by atoms with Gasteiger partial charge in [0.05, 0.1) is 16.9 Å². The maximum absolute atomic E-state index is 4.93. The van der Waals surface area contributed by atoms with Crippen LogP contribution in [0, 0.1) is 0 Å². The summed E-state index contributed by atoms with van der Waals surface area (Å²) in [7, 11) is 0. The molecule has 0 aliphatic rings. The molecule has 0 fully saturated rings. The van der Waals surface area contributed by atoms with Crippen LogP contribution in [0.25, 0.3) is 39.1 Å². The third-order valence-electron chi connectivity index (χ3n) is 4.42. The van der Waals surface area contributed by atoms with Crippen LogP contribution in [-0.4, -0.2) is 14.4 Å². The van der Waals surface area contributed by atoms with Crippen LogP contribution < -0.4 is 0 Å². The predicted octanol–water partition coefficient (Wildman–Crippen LogP) is 5.15. The molecular formula is C21H15N3. The van der Waals surface area contributed by atoms with E-state index in [-0.39, 0.29) is 0 Å². The van der Waals surface area contributed by atoms with Crippen LogP contribution in [0.15, 0.2) is 85.2 Å². The van der Waals surface area contributed by atoms with E-state index in [0.717, 1.165) is 33.7 Å². The van der Waals surface area contributed by atoms with Crippen LogP contribution in [0.4, 0.5) is 0 Å². The minimum atomic E-state index is 0.954. The van der Waals surface area contributed by atoms with Crippen LogP contribution in [0.3, 0.4) is 0 Å². The topological polar surface area (TPSA) is 33.1 Å². The van der Waals surface area contributed by atoms with E-state index < -0.39 is 0 Å². The number of hydrogen-bond donors (Lipinski definition) is 1. The fourth-order valence-corrected chi connectivity index (χ4v) is 3.34. The molecule has 0 amide bonds. The minimum absolute atomic E-state index is 0.954. The molecule has 3 aromatic heterocycles. The van der Waals surface area contributed by atoms with Crippen LogP contribution >= 0.6 is 0 Å². The van der Waals surface area contributed by atoms with Crippen molar-refractivity contribution in [2.24, 2.45) is 0 Å². The van der Waals surface area contributed by atoms with Gasteiger partial charge in [0.1, 0.15) is 5.65 Å². The quantitative estimate of drug-likeness (QED) is 0.480. The van der Waals surface area contributed by atoms with Gasteiger partial charge in [-0.2, -0.15) is 0 Å². The molecule has 5 rings (SSSR count). The summed E-state index contributed by atoms with van der Waals surface area (Å²) in [5.74, 6) is 0. The predicted molar refractivity (Wildman–Crippen MR) is 97.9 cm³/mol. The molecule has 0 saturated carbocycles. The lowest BCUT2D eigenvalue weighted by Crippen LogP contribution is -1.89. The highest BCUT2D eigenvalue weighted by molar-refractivity contribution is 5.97. The number of aromatic nitrogens is 3. The lowest BCUT2D eigenvalue weighted by Gasteiger charge is -2.06. The van der Waals surface area contributed by atoms with E-state index in [4.69, 9.17) is 4.98 Å². The Bertz CT molecular complexity index is 1150. The first kappa shape index (κ1) is 13.1. The van der Waals surface area contributed by atoms with Crippen molar-refractivity contribution in [3.05, 3.63) is 85.2 Å². The molecule has 2 aromatic carbocycles. The summed E-state index contributed by atoms with van der Waals surface area (Å²) in [6.07, 6.45) is 4.05. The van der Waals surface area contributed by atoms with E-state index in [0.29, 0.717) is 0 Å². The Morgan fingerprint density at radius 3 is 2.58 bits per heavy atom. The molecule has 0 atom stereocenters. The first-order chi connectivity index (χ1) is 11.9. The largest absolute Gasteiger partial charge is 0.361 e. The summed E-state index contributed by atoms with van der Waals surface area (Å²) >= 11 is 0. The van der Waals surface area contributed by atoms with Gasteiger partial charge < -0.3 is 4.98 Å². The average molecular weight is 309 g/mol. The van der Waals surface area contributed by atoms with Gasteiger partial charge in [-0.1, -0.05) is 54.6 Å². The number of nitrogens with one attached hydrogen (secondary N) is 1. The summed E-state index contributed by atoms with van der Waals surface area (Å²) in [4.78, 5) is 8.29. The molecule has 0 saturated heterocycles. The normalized spacial score (nSPS) is 11.3. The van der Waals surface area contributed by atoms with Gasteiger partial charge in [-0.05, 0) is 18.2 Å². The Hall–Kier alpha value is -3.33. The molecule has 0 radical (unpaired) electrons. The lowest BCUT2D eigenvalue weighted by molar-refractivity contribution is 1.19. The van der Waals surface area contributed by atoms with Crippen LogP contribution in [0.2, 0.25) is 0 Å². The van der Waals surface area contributed by atoms with Crippen LogP contribution in [0.1, 0.15) is 0 Å². The fraction of sp³-hybridized carbons (Fsp3) is 0. The Labute approximate surface area is 139 Å². The van der Waals surface area contributed by atoms with Gasteiger partial charge in [-0.3, -0.25) is 4.40 Å². The van der Waals surface area contributed by atoms with E-state index >= 15 is 0 Å². The van der Waals surface area contributed by atoms with E-state index in [2.05, 4.69) is 64.1 Å². The molecular weight excluding hydrogens is 294 g/mol. The Kier molecular flexibility index (Phi) is 2.79. The molecule has 0 spiro atoms. The van der Waals surface area contributed by atoms with Crippen molar-refractivity contribution >= 4 is 16.6 Å². The van der Waals surface area contributed by atoms with Crippen molar-refractivity contribution < 1.29 is 0 Å². The summed E-state index contributed by atoms with van der Waals surface area (Å²) in [6.45, 7) is 0. The average Bonchev–Trinajstić information content (AvgIpc) is 3.26. The monoisotopic (exact) mass is 309 g/mol. The molecule has 0 aliphatic heterocycles. The number of rotatable bonds is 2. The second-order valence-electron chi connectivity index (χ2n) is 5.85. The Morgan fingerprint density at radius 1 is 0.792 bits per heavy atom. The summed E-state index contributed by atoms with van der Waals surface area (Å²) < 4.78 is 2.16. The fourth-order valence-electron chi connectivity index (χ4n) is 3.34. The third-order valence-corrected chi connectivity index (χ3v) is 4.42. The van der Waals surface area contributed by atoms with Crippen LogP contribution in [0.5, 0.6) is 0 Å². The maximum atomic E-state index is 4.93. The van der Waals surface area contributed by atoms with Crippen LogP contribution in [-0.2, 0) is 0 Å². The molecule has 3 nitrogen and oxygen atoms in total. The van der Waals surface area contributed by atoms with Gasteiger partial charge in [-0.15, -0.1) is 0 Å².